The summed E-state index contributed by atoms with van der Waals surface area (Å²) in [4.78, 5) is 0. The molecule has 0 aliphatic heterocycles. The van der Waals surface area contributed by atoms with Gasteiger partial charge in [-0.1, -0.05) is 11.7 Å². The average molecular weight is 96.1 g/mol. The number of hydrogen-bond acceptors (Lipinski definition) is 3. The maximum atomic E-state index is 7.91. The Bertz CT molecular complexity index is 131. The van der Waals surface area contributed by atoms with Gasteiger partial charge in [0.05, 0.1) is 0 Å². The van der Waals surface area contributed by atoms with Gasteiger partial charge in [-0.25, -0.2) is 0 Å². The van der Waals surface area contributed by atoms with Gasteiger partial charge in [0, 0.05) is 0 Å². The zero-order valence-electron chi connectivity index (χ0n) is 3.63. The quantitative estimate of drug-likeness (QED) is 0.294. The van der Waals surface area contributed by atoms with E-state index in [1.54, 1.807) is 6.07 Å². The van der Waals surface area contributed by atoms with Crippen LogP contribution in [0.3, 0.4) is 0 Å². The normalized spacial score (nSPS) is 9.86. The fraction of sp³-hybridized carbons (Fsp3) is 0. The monoisotopic (exact) mass is 96.0 g/mol. The number of rotatable bonds is 1. The highest BCUT2D eigenvalue weighted by Gasteiger charge is 1.82. The Morgan fingerprint density at radius 1 is 2.00 bits per heavy atom. The van der Waals surface area contributed by atoms with E-state index in [4.69, 9.17) is 10.5 Å². The maximum Gasteiger partial charge on any atom is 0.178 e. The Labute approximate surface area is 41.2 Å². The van der Waals surface area contributed by atoms with E-state index in [-0.39, 0.29) is 5.71 Å². The van der Waals surface area contributed by atoms with Crippen molar-refractivity contribution in [2.45, 2.75) is 0 Å². The van der Waals surface area contributed by atoms with Gasteiger partial charge in [0.15, 0.2) is 5.71 Å². The molecule has 0 aromatic rings. The van der Waals surface area contributed by atoms with Crippen molar-refractivity contribution < 1.29 is 5.21 Å². The van der Waals surface area contributed by atoms with Gasteiger partial charge < -0.3 is 5.21 Å². The van der Waals surface area contributed by atoms with E-state index in [0.29, 0.717) is 0 Å². The van der Waals surface area contributed by atoms with Crippen LogP contribution in [0.4, 0.5) is 0 Å². The first-order valence-corrected chi connectivity index (χ1v) is 1.59. The molecular weight excluding hydrogens is 92.1 g/mol. The molecule has 3 nitrogen and oxygen atoms in total. The number of oxime groups is 1. The lowest BCUT2D eigenvalue weighted by atomic mass is 10.4. The number of allylic oxidation sites excluding steroid dienone is 1. The number of nitriles is 1. The second-order valence-corrected chi connectivity index (χ2v) is 0.801. The Morgan fingerprint density at radius 2 is 2.57 bits per heavy atom. The smallest absolute Gasteiger partial charge is 0.178 e. The Hall–Kier alpha value is -1.30. The van der Waals surface area contributed by atoms with Crippen molar-refractivity contribution in [2.24, 2.45) is 5.16 Å². The van der Waals surface area contributed by atoms with Gasteiger partial charge in [0.2, 0.25) is 0 Å². The van der Waals surface area contributed by atoms with Gasteiger partial charge in [0.25, 0.3) is 0 Å². The SMILES string of the molecule is C=CC(C#N)=NO. The Kier molecular flexibility index (Phi) is 2.37. The third kappa shape index (κ3) is 1.55. The molecule has 36 valence electrons. The molecule has 0 saturated heterocycles. The predicted octanol–water partition coefficient (Wildman–Crippen LogP) is 0.526. The second-order valence-electron chi connectivity index (χ2n) is 0.801. The van der Waals surface area contributed by atoms with E-state index in [0.717, 1.165) is 0 Å². The Balaban J connectivity index is 3.94. The summed E-state index contributed by atoms with van der Waals surface area (Å²) < 4.78 is 0. The van der Waals surface area contributed by atoms with Gasteiger partial charge in [0.1, 0.15) is 6.07 Å². The molecule has 0 radical (unpaired) electrons. The van der Waals surface area contributed by atoms with Crippen LogP contribution < -0.4 is 0 Å². The summed E-state index contributed by atoms with van der Waals surface area (Å²) in [5.74, 6) is 0. The molecule has 0 amide bonds. The molecule has 3 heteroatoms. The van der Waals surface area contributed by atoms with E-state index < -0.39 is 0 Å². The average Bonchev–Trinajstić information content (AvgIpc) is 1.72. The number of hydrogen-bond donors (Lipinski definition) is 1. The van der Waals surface area contributed by atoms with Gasteiger partial charge in [-0.05, 0) is 6.08 Å². The maximum absolute atomic E-state index is 7.91. The highest BCUT2D eigenvalue weighted by Crippen LogP contribution is 1.70. The van der Waals surface area contributed by atoms with Crippen molar-refractivity contribution in [1.82, 2.24) is 0 Å². The first-order chi connectivity index (χ1) is 3.35. The fourth-order valence-electron chi connectivity index (χ4n) is 0.109. The van der Waals surface area contributed by atoms with Crippen LogP contribution in [-0.4, -0.2) is 10.9 Å². The zero-order chi connectivity index (χ0) is 5.70. The molecule has 0 unspecified atom stereocenters. The molecule has 0 aromatic carbocycles. The third-order valence-corrected chi connectivity index (χ3v) is 0.416. The van der Waals surface area contributed by atoms with E-state index in [2.05, 4.69) is 11.7 Å². The van der Waals surface area contributed by atoms with Crippen LogP contribution in [0, 0.1) is 11.3 Å². The van der Waals surface area contributed by atoms with E-state index in [1.807, 2.05) is 0 Å². The van der Waals surface area contributed by atoms with Crippen LogP contribution in [0.25, 0.3) is 0 Å². The van der Waals surface area contributed by atoms with Crippen LogP contribution in [0.5, 0.6) is 0 Å². The molecule has 0 bridgehead atoms. The summed E-state index contributed by atoms with van der Waals surface area (Å²) in [7, 11) is 0. The largest absolute Gasteiger partial charge is 0.410 e. The summed E-state index contributed by atoms with van der Waals surface area (Å²) in [5.41, 5.74) is -0.0694. The van der Waals surface area contributed by atoms with Crippen LogP contribution in [0.15, 0.2) is 17.8 Å². The topological polar surface area (TPSA) is 56.4 Å². The van der Waals surface area contributed by atoms with Crippen LogP contribution in [0.1, 0.15) is 0 Å². The first-order valence-electron chi connectivity index (χ1n) is 1.59. The summed E-state index contributed by atoms with van der Waals surface area (Å²) >= 11 is 0. The van der Waals surface area contributed by atoms with Crippen molar-refractivity contribution in [3.8, 4) is 6.07 Å². The molecule has 0 aliphatic carbocycles. The molecule has 0 aliphatic rings. The van der Waals surface area contributed by atoms with Crippen molar-refractivity contribution >= 4 is 5.71 Å². The standard InChI is InChI=1S/C4H4N2O/c1-2-4(3-5)6-7/h2,7H,1H2. The van der Waals surface area contributed by atoms with E-state index in [9.17, 15) is 0 Å². The Morgan fingerprint density at radius 3 is 2.57 bits per heavy atom. The summed E-state index contributed by atoms with van der Waals surface area (Å²) in [6.45, 7) is 3.19. The van der Waals surface area contributed by atoms with Crippen LogP contribution in [0.2, 0.25) is 0 Å². The minimum atomic E-state index is -0.0694. The van der Waals surface area contributed by atoms with Gasteiger partial charge >= 0.3 is 0 Å². The molecule has 0 saturated carbocycles. The van der Waals surface area contributed by atoms with Gasteiger partial charge in [-0.3, -0.25) is 0 Å². The molecule has 1 N–H and O–H groups in total. The lowest BCUT2D eigenvalue weighted by molar-refractivity contribution is 0.320. The molecule has 0 rings (SSSR count). The molecule has 0 atom stereocenters. The third-order valence-electron chi connectivity index (χ3n) is 0.416. The molecule has 0 spiro atoms. The lowest BCUT2D eigenvalue weighted by Gasteiger charge is -1.72. The predicted molar refractivity (Wildman–Crippen MR) is 25.0 cm³/mol. The van der Waals surface area contributed by atoms with Crippen molar-refractivity contribution in [3.63, 3.8) is 0 Å². The first kappa shape index (κ1) is 5.70. The van der Waals surface area contributed by atoms with Gasteiger partial charge in [-0.2, -0.15) is 5.26 Å². The fourth-order valence-corrected chi connectivity index (χ4v) is 0.109. The lowest BCUT2D eigenvalue weighted by Crippen LogP contribution is -1.83. The molecule has 0 heterocycles. The van der Waals surface area contributed by atoms with Crippen LogP contribution >= 0.6 is 0 Å². The molecule has 0 aromatic heterocycles. The number of nitrogens with zero attached hydrogens (tertiary/aromatic N) is 2. The van der Waals surface area contributed by atoms with E-state index in [1.165, 1.54) is 6.08 Å². The highest BCUT2D eigenvalue weighted by molar-refractivity contribution is 6.06. The minimum Gasteiger partial charge on any atom is -0.410 e. The molecule has 7 heavy (non-hydrogen) atoms. The minimum absolute atomic E-state index is 0.0694. The van der Waals surface area contributed by atoms with Crippen molar-refractivity contribution in [3.05, 3.63) is 12.7 Å². The van der Waals surface area contributed by atoms with Crippen molar-refractivity contribution in [1.29, 1.82) is 5.26 Å². The summed E-state index contributed by atoms with van der Waals surface area (Å²) in [6, 6.07) is 1.58. The van der Waals surface area contributed by atoms with Crippen molar-refractivity contribution in [2.75, 3.05) is 0 Å². The van der Waals surface area contributed by atoms with Crippen LogP contribution in [-0.2, 0) is 0 Å². The summed E-state index contributed by atoms with van der Waals surface area (Å²) in [5, 5.41) is 18.3. The van der Waals surface area contributed by atoms with Gasteiger partial charge in [-0.15, -0.1) is 0 Å². The zero-order valence-corrected chi connectivity index (χ0v) is 3.63. The van der Waals surface area contributed by atoms with E-state index >= 15 is 0 Å². The summed E-state index contributed by atoms with van der Waals surface area (Å²) in [6.07, 6.45) is 1.17. The molecular formula is C4H4N2O. The molecule has 0 fully saturated rings. The highest BCUT2D eigenvalue weighted by atomic mass is 16.4. The second kappa shape index (κ2) is 2.91.